The second-order valence-corrected chi connectivity index (χ2v) is 3.70. The third-order valence-electron chi connectivity index (χ3n) is 2.72. The first-order chi connectivity index (χ1) is 7.20. The van der Waals surface area contributed by atoms with E-state index in [4.69, 9.17) is 10.5 Å². The van der Waals surface area contributed by atoms with Gasteiger partial charge in [0.15, 0.2) is 12.4 Å². The molecule has 82 valence electrons. The number of carbonyl (C=O) groups excluding carboxylic acids is 2. The smallest absolute Gasteiger partial charge is 0.251 e. The standard InChI is InChI=1S/C9H13N3O3/c10-8(13)7-2-1-3-12(7)9(14)6-4-15-5-11-6/h5-7H,1-4H2,(H2,10,13). The summed E-state index contributed by atoms with van der Waals surface area (Å²) in [7, 11) is 0. The van der Waals surface area contributed by atoms with E-state index in [1.807, 2.05) is 0 Å². The lowest BCUT2D eigenvalue weighted by molar-refractivity contribution is -0.138. The Kier molecular flexibility index (Phi) is 2.57. The first-order valence-electron chi connectivity index (χ1n) is 4.93. The van der Waals surface area contributed by atoms with Crippen LogP contribution in [-0.4, -0.2) is 48.4 Å². The van der Waals surface area contributed by atoms with Crippen molar-refractivity contribution in [3.8, 4) is 0 Å². The lowest BCUT2D eigenvalue weighted by Crippen LogP contribution is -2.47. The molecular formula is C9H13N3O3. The van der Waals surface area contributed by atoms with E-state index in [9.17, 15) is 9.59 Å². The zero-order valence-corrected chi connectivity index (χ0v) is 8.26. The predicted octanol–water partition coefficient (Wildman–Crippen LogP) is -1.11. The van der Waals surface area contributed by atoms with Crippen molar-refractivity contribution in [3.05, 3.63) is 0 Å². The van der Waals surface area contributed by atoms with Gasteiger partial charge in [0.2, 0.25) is 5.91 Å². The summed E-state index contributed by atoms with van der Waals surface area (Å²) in [5.41, 5.74) is 5.22. The number of carbonyl (C=O) groups is 2. The van der Waals surface area contributed by atoms with Crippen LogP contribution in [0.4, 0.5) is 0 Å². The third-order valence-corrected chi connectivity index (χ3v) is 2.72. The van der Waals surface area contributed by atoms with Crippen molar-refractivity contribution in [2.24, 2.45) is 10.7 Å². The van der Waals surface area contributed by atoms with Crippen molar-refractivity contribution in [3.63, 3.8) is 0 Å². The van der Waals surface area contributed by atoms with Gasteiger partial charge in [-0.25, -0.2) is 4.99 Å². The number of rotatable bonds is 2. The minimum absolute atomic E-state index is 0.162. The molecule has 0 aromatic carbocycles. The van der Waals surface area contributed by atoms with Crippen molar-refractivity contribution in [1.29, 1.82) is 0 Å². The molecule has 2 atom stereocenters. The van der Waals surface area contributed by atoms with Crippen LogP contribution >= 0.6 is 0 Å². The number of likely N-dealkylation sites (tertiary alicyclic amines) is 1. The number of ether oxygens (including phenoxy) is 1. The van der Waals surface area contributed by atoms with Crippen molar-refractivity contribution in [1.82, 2.24) is 4.90 Å². The second-order valence-electron chi connectivity index (χ2n) is 3.70. The minimum Gasteiger partial charge on any atom is -0.481 e. The SMILES string of the molecule is NC(=O)C1CCCN1C(=O)C1COC=N1. The fourth-order valence-electron chi connectivity index (χ4n) is 1.95. The molecule has 2 heterocycles. The van der Waals surface area contributed by atoms with Gasteiger partial charge in [0.25, 0.3) is 5.91 Å². The Morgan fingerprint density at radius 1 is 1.53 bits per heavy atom. The van der Waals surface area contributed by atoms with Gasteiger partial charge in [-0.2, -0.15) is 0 Å². The molecule has 0 aromatic rings. The van der Waals surface area contributed by atoms with Gasteiger partial charge in [-0.3, -0.25) is 9.59 Å². The van der Waals surface area contributed by atoms with Gasteiger partial charge in [-0.1, -0.05) is 0 Å². The quantitative estimate of drug-likeness (QED) is 0.628. The van der Waals surface area contributed by atoms with Crippen LogP contribution in [0.15, 0.2) is 4.99 Å². The van der Waals surface area contributed by atoms with Gasteiger partial charge in [-0.15, -0.1) is 0 Å². The second kappa shape index (κ2) is 3.88. The molecule has 6 nitrogen and oxygen atoms in total. The maximum atomic E-state index is 11.9. The average Bonchev–Trinajstić information content (AvgIpc) is 2.88. The van der Waals surface area contributed by atoms with Crippen LogP contribution in [0.5, 0.6) is 0 Å². The van der Waals surface area contributed by atoms with E-state index in [-0.39, 0.29) is 12.5 Å². The first kappa shape index (κ1) is 9.95. The largest absolute Gasteiger partial charge is 0.481 e. The summed E-state index contributed by atoms with van der Waals surface area (Å²) in [6.45, 7) is 0.847. The summed E-state index contributed by atoms with van der Waals surface area (Å²) in [4.78, 5) is 28.4. The Morgan fingerprint density at radius 3 is 2.93 bits per heavy atom. The first-order valence-corrected chi connectivity index (χ1v) is 4.93. The van der Waals surface area contributed by atoms with Crippen LogP contribution in [0.1, 0.15) is 12.8 Å². The molecule has 2 N–H and O–H groups in total. The molecule has 2 rings (SSSR count). The molecule has 0 aromatic heterocycles. The number of nitrogens with two attached hydrogens (primary N) is 1. The minimum atomic E-state index is -0.495. The zero-order chi connectivity index (χ0) is 10.8. The van der Waals surface area contributed by atoms with Crippen LogP contribution in [0.3, 0.4) is 0 Å². The summed E-state index contributed by atoms with van der Waals surface area (Å²) in [5.74, 6) is -0.603. The molecule has 0 aliphatic carbocycles. The molecule has 1 fully saturated rings. The molecular weight excluding hydrogens is 198 g/mol. The molecule has 2 amide bonds. The molecule has 0 spiro atoms. The molecule has 15 heavy (non-hydrogen) atoms. The van der Waals surface area contributed by atoms with E-state index in [0.29, 0.717) is 13.0 Å². The van der Waals surface area contributed by atoms with Gasteiger partial charge in [0, 0.05) is 6.54 Å². The number of nitrogens with zero attached hydrogens (tertiary/aromatic N) is 2. The Labute approximate surface area is 87.1 Å². The van der Waals surface area contributed by atoms with Crippen molar-refractivity contribution in [2.75, 3.05) is 13.2 Å². The van der Waals surface area contributed by atoms with Crippen LogP contribution in [-0.2, 0) is 14.3 Å². The zero-order valence-electron chi connectivity index (χ0n) is 8.26. The van der Waals surface area contributed by atoms with E-state index in [1.165, 1.54) is 11.3 Å². The number of hydrogen-bond acceptors (Lipinski definition) is 4. The monoisotopic (exact) mass is 211 g/mol. The third kappa shape index (κ3) is 1.79. The van der Waals surface area contributed by atoms with E-state index in [0.717, 1.165) is 6.42 Å². The molecule has 0 saturated carbocycles. The lowest BCUT2D eigenvalue weighted by Gasteiger charge is -2.23. The number of hydrogen-bond donors (Lipinski definition) is 1. The van der Waals surface area contributed by atoms with Crippen LogP contribution < -0.4 is 5.73 Å². The van der Waals surface area contributed by atoms with Crippen molar-refractivity contribution < 1.29 is 14.3 Å². The van der Waals surface area contributed by atoms with E-state index < -0.39 is 18.0 Å². The number of amides is 2. The maximum absolute atomic E-state index is 11.9. The molecule has 2 aliphatic heterocycles. The van der Waals surface area contributed by atoms with Gasteiger partial charge in [0.05, 0.1) is 0 Å². The Bertz CT molecular complexity index is 316. The highest BCUT2D eigenvalue weighted by molar-refractivity contribution is 5.90. The van der Waals surface area contributed by atoms with Crippen LogP contribution in [0, 0.1) is 0 Å². The molecule has 2 aliphatic rings. The highest BCUT2D eigenvalue weighted by Gasteiger charge is 2.36. The fourth-order valence-corrected chi connectivity index (χ4v) is 1.95. The predicted molar refractivity (Wildman–Crippen MR) is 52.2 cm³/mol. The van der Waals surface area contributed by atoms with Gasteiger partial charge in [-0.05, 0) is 12.8 Å². The average molecular weight is 211 g/mol. The van der Waals surface area contributed by atoms with Gasteiger partial charge in [0.1, 0.15) is 12.6 Å². The van der Waals surface area contributed by atoms with E-state index in [1.54, 1.807) is 0 Å². The Morgan fingerprint density at radius 2 is 2.33 bits per heavy atom. The molecule has 0 radical (unpaired) electrons. The molecule has 1 saturated heterocycles. The summed E-state index contributed by atoms with van der Waals surface area (Å²) in [6, 6.07) is -0.960. The van der Waals surface area contributed by atoms with Crippen LogP contribution in [0.2, 0.25) is 0 Å². The Hall–Kier alpha value is -1.59. The topological polar surface area (TPSA) is 85.0 Å². The highest BCUT2D eigenvalue weighted by atomic mass is 16.5. The van der Waals surface area contributed by atoms with E-state index >= 15 is 0 Å². The summed E-state index contributed by atoms with van der Waals surface area (Å²) >= 11 is 0. The molecule has 2 unspecified atom stereocenters. The lowest BCUT2D eigenvalue weighted by atomic mass is 10.2. The van der Waals surface area contributed by atoms with E-state index in [2.05, 4.69) is 4.99 Å². The number of primary amides is 1. The summed E-state index contributed by atoms with van der Waals surface area (Å²) in [5, 5.41) is 0. The van der Waals surface area contributed by atoms with Crippen molar-refractivity contribution in [2.45, 2.75) is 24.9 Å². The molecule has 6 heteroatoms. The van der Waals surface area contributed by atoms with Crippen molar-refractivity contribution >= 4 is 18.2 Å². The number of aliphatic imine (C=N–C) groups is 1. The highest BCUT2D eigenvalue weighted by Crippen LogP contribution is 2.19. The Balaban J connectivity index is 2.05. The van der Waals surface area contributed by atoms with Gasteiger partial charge < -0.3 is 15.4 Å². The van der Waals surface area contributed by atoms with Crippen LogP contribution in [0.25, 0.3) is 0 Å². The normalized spacial score (nSPS) is 29.2. The summed E-state index contributed by atoms with van der Waals surface area (Å²) in [6.07, 6.45) is 2.74. The molecule has 0 bridgehead atoms. The summed E-state index contributed by atoms with van der Waals surface area (Å²) < 4.78 is 4.88. The van der Waals surface area contributed by atoms with Gasteiger partial charge >= 0.3 is 0 Å². The fraction of sp³-hybridized carbons (Fsp3) is 0.667. The maximum Gasteiger partial charge on any atom is 0.251 e.